The smallest absolute Gasteiger partial charge is 0.147 e. The fourth-order valence-electron chi connectivity index (χ4n) is 3.69. The van der Waals surface area contributed by atoms with Crippen molar-refractivity contribution in [1.82, 2.24) is 24.6 Å². The third-order valence-corrected chi connectivity index (χ3v) is 4.86. The number of morpholine rings is 1. The molecule has 0 radical (unpaired) electrons. The van der Waals surface area contributed by atoms with E-state index in [4.69, 9.17) is 4.74 Å². The number of β-amino-alcohol motifs (C(OH)–C–C–N with tert-alkyl or cyclic N) is 1. The number of nitrogens with zero attached hydrogens (tertiary/aromatic N) is 5. The first kappa shape index (κ1) is 16.8. The van der Waals surface area contributed by atoms with Crippen LogP contribution in [-0.2, 0) is 11.3 Å². The maximum atomic E-state index is 10.4. The lowest BCUT2D eigenvalue weighted by molar-refractivity contribution is 0.00529. The SMILES string of the molecule is Cc1nc(C)n(C[C@H]2CCCN2C[C@H](O)CN2CCOCC2)n1. The molecule has 2 fully saturated rings. The fourth-order valence-corrected chi connectivity index (χ4v) is 3.69. The maximum absolute atomic E-state index is 10.4. The van der Waals surface area contributed by atoms with Crippen LogP contribution in [0, 0.1) is 13.8 Å². The van der Waals surface area contributed by atoms with Gasteiger partial charge in [0.2, 0.25) is 0 Å². The number of aromatic nitrogens is 3. The molecule has 3 heterocycles. The molecule has 7 nitrogen and oxygen atoms in total. The van der Waals surface area contributed by atoms with Gasteiger partial charge in [-0.05, 0) is 33.2 Å². The first-order valence-corrected chi connectivity index (χ1v) is 8.72. The summed E-state index contributed by atoms with van der Waals surface area (Å²) in [6.07, 6.45) is 2.07. The summed E-state index contributed by atoms with van der Waals surface area (Å²) in [4.78, 5) is 9.10. The number of rotatable bonds is 6. The Hall–Kier alpha value is -1.02. The molecule has 0 amide bonds. The van der Waals surface area contributed by atoms with Gasteiger partial charge in [0, 0.05) is 32.2 Å². The first-order chi connectivity index (χ1) is 11.1. The molecular weight excluding hydrogens is 294 g/mol. The van der Waals surface area contributed by atoms with Crippen LogP contribution in [0.2, 0.25) is 0 Å². The minimum absolute atomic E-state index is 0.299. The van der Waals surface area contributed by atoms with E-state index in [1.165, 1.54) is 12.8 Å². The summed E-state index contributed by atoms with van der Waals surface area (Å²) in [5.74, 6) is 1.81. The molecule has 0 bridgehead atoms. The van der Waals surface area contributed by atoms with Crippen LogP contribution < -0.4 is 0 Å². The van der Waals surface area contributed by atoms with Gasteiger partial charge >= 0.3 is 0 Å². The molecule has 7 heteroatoms. The number of aliphatic hydroxyl groups is 1. The Morgan fingerprint density at radius 1 is 1.22 bits per heavy atom. The lowest BCUT2D eigenvalue weighted by Gasteiger charge is -2.31. The molecule has 0 saturated carbocycles. The van der Waals surface area contributed by atoms with Gasteiger partial charge in [0.05, 0.1) is 25.9 Å². The molecule has 2 atom stereocenters. The zero-order valence-corrected chi connectivity index (χ0v) is 14.3. The lowest BCUT2D eigenvalue weighted by atomic mass is 10.2. The topological polar surface area (TPSA) is 66.7 Å². The zero-order valence-electron chi connectivity index (χ0n) is 14.3. The third kappa shape index (κ3) is 4.50. The Balaban J connectivity index is 1.51. The number of aryl methyl sites for hydroxylation is 2. The van der Waals surface area contributed by atoms with Crippen molar-refractivity contribution in [2.75, 3.05) is 45.9 Å². The standard InChI is InChI=1S/C16H29N5O2/c1-13-17-14(2)21(18-13)10-15-4-3-5-20(15)12-16(22)11-19-6-8-23-9-7-19/h15-16,22H,3-12H2,1-2H3/t15-,16-/m1/s1. The molecule has 0 aromatic carbocycles. The summed E-state index contributed by atoms with van der Waals surface area (Å²) < 4.78 is 7.37. The first-order valence-electron chi connectivity index (χ1n) is 8.72. The van der Waals surface area contributed by atoms with Crippen molar-refractivity contribution in [3.05, 3.63) is 11.6 Å². The minimum Gasteiger partial charge on any atom is -0.390 e. The maximum Gasteiger partial charge on any atom is 0.147 e. The van der Waals surface area contributed by atoms with E-state index in [0.717, 1.165) is 64.1 Å². The highest BCUT2D eigenvalue weighted by atomic mass is 16.5. The predicted octanol–water partition coefficient (Wildman–Crippen LogP) is 0.0524. The van der Waals surface area contributed by atoms with Gasteiger partial charge in [0.15, 0.2) is 0 Å². The summed E-state index contributed by atoms with van der Waals surface area (Å²) >= 11 is 0. The number of aliphatic hydroxyl groups excluding tert-OH is 1. The fraction of sp³-hybridized carbons (Fsp3) is 0.875. The van der Waals surface area contributed by atoms with E-state index < -0.39 is 0 Å². The Labute approximate surface area is 138 Å². The van der Waals surface area contributed by atoms with Gasteiger partial charge in [-0.2, -0.15) is 5.10 Å². The Bertz CT molecular complexity index is 501. The zero-order chi connectivity index (χ0) is 16.2. The molecule has 23 heavy (non-hydrogen) atoms. The molecule has 2 saturated heterocycles. The molecule has 1 aromatic rings. The molecule has 3 rings (SSSR count). The highest BCUT2D eigenvalue weighted by Gasteiger charge is 2.28. The van der Waals surface area contributed by atoms with Gasteiger partial charge in [0.25, 0.3) is 0 Å². The van der Waals surface area contributed by atoms with Crippen LogP contribution in [0.25, 0.3) is 0 Å². The molecule has 1 aromatic heterocycles. The van der Waals surface area contributed by atoms with Crippen molar-refractivity contribution >= 4 is 0 Å². The second-order valence-electron chi connectivity index (χ2n) is 6.75. The second kappa shape index (κ2) is 7.70. The van der Waals surface area contributed by atoms with Crippen LogP contribution >= 0.6 is 0 Å². The summed E-state index contributed by atoms with van der Waals surface area (Å²) in [6.45, 7) is 10.8. The summed E-state index contributed by atoms with van der Waals surface area (Å²) in [5.41, 5.74) is 0. The van der Waals surface area contributed by atoms with E-state index in [2.05, 4.69) is 19.9 Å². The summed E-state index contributed by atoms with van der Waals surface area (Å²) in [7, 11) is 0. The molecule has 130 valence electrons. The summed E-state index contributed by atoms with van der Waals surface area (Å²) in [5, 5.41) is 14.9. The molecule has 0 aliphatic carbocycles. The average molecular weight is 323 g/mol. The van der Waals surface area contributed by atoms with Crippen LogP contribution in [0.15, 0.2) is 0 Å². The number of hydrogen-bond donors (Lipinski definition) is 1. The van der Waals surface area contributed by atoms with Crippen LogP contribution in [0.5, 0.6) is 0 Å². The Kier molecular flexibility index (Phi) is 5.63. The van der Waals surface area contributed by atoms with Gasteiger partial charge in [-0.25, -0.2) is 9.67 Å². The summed E-state index contributed by atoms with van der Waals surface area (Å²) in [6, 6.07) is 0.453. The highest BCUT2D eigenvalue weighted by Crippen LogP contribution is 2.19. The minimum atomic E-state index is -0.299. The largest absolute Gasteiger partial charge is 0.390 e. The number of hydrogen-bond acceptors (Lipinski definition) is 6. The molecule has 0 unspecified atom stereocenters. The van der Waals surface area contributed by atoms with Crippen molar-refractivity contribution in [2.45, 2.75) is 45.4 Å². The number of likely N-dealkylation sites (tertiary alicyclic amines) is 1. The van der Waals surface area contributed by atoms with E-state index in [1.807, 2.05) is 18.5 Å². The van der Waals surface area contributed by atoms with E-state index in [-0.39, 0.29) is 6.10 Å². The molecular formula is C16H29N5O2. The van der Waals surface area contributed by atoms with Crippen LogP contribution in [0.4, 0.5) is 0 Å². The van der Waals surface area contributed by atoms with Crippen molar-refractivity contribution in [2.24, 2.45) is 0 Å². The average Bonchev–Trinajstić information content (AvgIpc) is 3.07. The van der Waals surface area contributed by atoms with E-state index in [1.54, 1.807) is 0 Å². The van der Waals surface area contributed by atoms with E-state index >= 15 is 0 Å². The molecule has 2 aliphatic heterocycles. The molecule has 0 spiro atoms. The molecule has 1 N–H and O–H groups in total. The van der Waals surface area contributed by atoms with E-state index in [0.29, 0.717) is 6.04 Å². The second-order valence-corrected chi connectivity index (χ2v) is 6.75. The van der Waals surface area contributed by atoms with Gasteiger partial charge in [-0.3, -0.25) is 9.80 Å². The Morgan fingerprint density at radius 2 is 2.00 bits per heavy atom. The Morgan fingerprint density at radius 3 is 2.70 bits per heavy atom. The normalized spacial score (nSPS) is 25.1. The predicted molar refractivity (Wildman–Crippen MR) is 87.4 cm³/mol. The van der Waals surface area contributed by atoms with Crippen LogP contribution in [0.1, 0.15) is 24.5 Å². The van der Waals surface area contributed by atoms with Crippen molar-refractivity contribution < 1.29 is 9.84 Å². The number of ether oxygens (including phenoxy) is 1. The third-order valence-electron chi connectivity index (χ3n) is 4.86. The van der Waals surface area contributed by atoms with Crippen LogP contribution in [0.3, 0.4) is 0 Å². The van der Waals surface area contributed by atoms with Crippen molar-refractivity contribution in [3.63, 3.8) is 0 Å². The van der Waals surface area contributed by atoms with Gasteiger partial charge in [-0.1, -0.05) is 0 Å². The quantitative estimate of drug-likeness (QED) is 0.798. The van der Waals surface area contributed by atoms with Crippen molar-refractivity contribution in [1.29, 1.82) is 0 Å². The van der Waals surface area contributed by atoms with Gasteiger partial charge in [-0.15, -0.1) is 0 Å². The van der Waals surface area contributed by atoms with Crippen LogP contribution in [-0.4, -0.2) is 87.8 Å². The molecule has 2 aliphatic rings. The van der Waals surface area contributed by atoms with Crippen molar-refractivity contribution in [3.8, 4) is 0 Å². The lowest BCUT2D eigenvalue weighted by Crippen LogP contribution is -2.46. The monoisotopic (exact) mass is 323 g/mol. The van der Waals surface area contributed by atoms with E-state index in [9.17, 15) is 5.11 Å². The van der Waals surface area contributed by atoms with Gasteiger partial charge < -0.3 is 9.84 Å². The van der Waals surface area contributed by atoms with Gasteiger partial charge in [0.1, 0.15) is 11.6 Å². The highest BCUT2D eigenvalue weighted by molar-refractivity contribution is 4.90.